The van der Waals surface area contributed by atoms with Crippen LogP contribution in [0.5, 0.6) is 0 Å². The molecule has 0 aliphatic rings. The van der Waals surface area contributed by atoms with Crippen molar-refractivity contribution in [3.8, 4) is 5.69 Å². The van der Waals surface area contributed by atoms with Gasteiger partial charge in [-0.15, -0.1) is 0 Å². The van der Waals surface area contributed by atoms with Crippen molar-refractivity contribution < 1.29 is 4.39 Å². The Morgan fingerprint density at radius 2 is 2.22 bits per heavy atom. The van der Waals surface area contributed by atoms with E-state index in [0.717, 1.165) is 24.5 Å². The van der Waals surface area contributed by atoms with Crippen molar-refractivity contribution in [3.63, 3.8) is 0 Å². The van der Waals surface area contributed by atoms with Gasteiger partial charge in [-0.3, -0.25) is 0 Å². The summed E-state index contributed by atoms with van der Waals surface area (Å²) < 4.78 is 15.8. The number of benzene rings is 1. The maximum absolute atomic E-state index is 13.9. The van der Waals surface area contributed by atoms with Crippen LogP contribution in [0.2, 0.25) is 0 Å². The molecule has 0 saturated heterocycles. The van der Waals surface area contributed by atoms with Crippen molar-refractivity contribution in [3.05, 3.63) is 47.8 Å². The largest absolute Gasteiger partial charge is 0.312 e. The summed E-state index contributed by atoms with van der Waals surface area (Å²) in [5, 5.41) is 3.24. The maximum Gasteiger partial charge on any atom is 0.129 e. The van der Waals surface area contributed by atoms with Gasteiger partial charge in [-0.1, -0.05) is 13.0 Å². The summed E-state index contributed by atoms with van der Waals surface area (Å²) >= 11 is 0. The highest BCUT2D eigenvalue weighted by molar-refractivity contribution is 5.42. The van der Waals surface area contributed by atoms with Crippen LogP contribution in [-0.2, 0) is 6.54 Å². The number of nitrogens with one attached hydrogen (secondary N) is 1. The SMILES string of the molecule is CCCNCc1c(F)cccc1-n1ccnc1C. The number of nitrogens with zero attached hydrogens (tertiary/aromatic N) is 2. The minimum Gasteiger partial charge on any atom is -0.312 e. The second kappa shape index (κ2) is 5.78. The van der Waals surface area contributed by atoms with E-state index in [4.69, 9.17) is 0 Å². The van der Waals surface area contributed by atoms with Crippen molar-refractivity contribution >= 4 is 0 Å². The Hall–Kier alpha value is -1.68. The highest BCUT2D eigenvalue weighted by Crippen LogP contribution is 2.19. The van der Waals surface area contributed by atoms with Crippen LogP contribution in [0.3, 0.4) is 0 Å². The summed E-state index contributed by atoms with van der Waals surface area (Å²) in [6.45, 7) is 5.42. The zero-order valence-corrected chi connectivity index (χ0v) is 10.8. The molecular formula is C14H18FN3. The lowest BCUT2D eigenvalue weighted by atomic mass is 10.1. The van der Waals surface area contributed by atoms with E-state index in [9.17, 15) is 4.39 Å². The molecule has 0 bridgehead atoms. The molecule has 1 heterocycles. The van der Waals surface area contributed by atoms with Crippen LogP contribution < -0.4 is 5.32 Å². The smallest absolute Gasteiger partial charge is 0.129 e. The highest BCUT2D eigenvalue weighted by Gasteiger charge is 2.10. The lowest BCUT2D eigenvalue weighted by molar-refractivity contribution is 0.583. The lowest BCUT2D eigenvalue weighted by Gasteiger charge is -2.13. The molecule has 0 amide bonds. The lowest BCUT2D eigenvalue weighted by Crippen LogP contribution is -2.17. The summed E-state index contributed by atoms with van der Waals surface area (Å²) in [5.74, 6) is 0.682. The van der Waals surface area contributed by atoms with Crippen molar-refractivity contribution in [1.29, 1.82) is 0 Å². The predicted molar refractivity (Wildman–Crippen MR) is 70.3 cm³/mol. The standard InChI is InChI=1S/C14H18FN3/c1-3-7-16-10-12-13(15)5-4-6-14(12)18-9-8-17-11(18)2/h4-6,8-9,16H,3,7,10H2,1-2H3. The molecule has 18 heavy (non-hydrogen) atoms. The van der Waals surface area contributed by atoms with Gasteiger partial charge in [-0.05, 0) is 32.0 Å². The van der Waals surface area contributed by atoms with Gasteiger partial charge in [0.1, 0.15) is 11.6 Å². The van der Waals surface area contributed by atoms with Crippen molar-refractivity contribution in [2.75, 3.05) is 6.54 Å². The van der Waals surface area contributed by atoms with Crippen LogP contribution in [0.1, 0.15) is 24.7 Å². The molecule has 0 unspecified atom stereocenters. The quantitative estimate of drug-likeness (QED) is 0.823. The van der Waals surface area contributed by atoms with Gasteiger partial charge >= 0.3 is 0 Å². The maximum atomic E-state index is 13.9. The van der Waals surface area contributed by atoms with E-state index < -0.39 is 0 Å². The van der Waals surface area contributed by atoms with Crippen LogP contribution in [0.15, 0.2) is 30.6 Å². The zero-order valence-electron chi connectivity index (χ0n) is 10.8. The summed E-state index contributed by atoms with van der Waals surface area (Å²) in [6.07, 6.45) is 4.62. The molecule has 0 aliphatic heterocycles. The molecule has 0 atom stereocenters. The summed E-state index contributed by atoms with van der Waals surface area (Å²) in [6, 6.07) is 5.15. The van der Waals surface area contributed by atoms with Gasteiger partial charge in [0.2, 0.25) is 0 Å². The summed E-state index contributed by atoms with van der Waals surface area (Å²) in [7, 11) is 0. The van der Waals surface area contributed by atoms with Gasteiger partial charge in [0.05, 0.1) is 5.69 Å². The third-order valence-electron chi connectivity index (χ3n) is 2.91. The number of imidazole rings is 1. The first kappa shape index (κ1) is 12.8. The summed E-state index contributed by atoms with van der Waals surface area (Å²) in [4.78, 5) is 4.18. The average molecular weight is 247 g/mol. The fraction of sp³-hybridized carbons (Fsp3) is 0.357. The topological polar surface area (TPSA) is 29.9 Å². The fourth-order valence-electron chi connectivity index (χ4n) is 1.97. The van der Waals surface area contributed by atoms with Crippen molar-refractivity contribution in [2.24, 2.45) is 0 Å². The Kier molecular flexibility index (Phi) is 4.10. The van der Waals surface area contributed by atoms with E-state index >= 15 is 0 Å². The summed E-state index contributed by atoms with van der Waals surface area (Å²) in [5.41, 5.74) is 1.54. The second-order valence-electron chi connectivity index (χ2n) is 4.26. The molecule has 2 rings (SSSR count). The molecule has 4 heteroatoms. The molecular weight excluding hydrogens is 229 g/mol. The monoisotopic (exact) mass is 247 g/mol. The van der Waals surface area contributed by atoms with Gasteiger partial charge in [0, 0.05) is 24.5 Å². The predicted octanol–water partition coefficient (Wildman–Crippen LogP) is 2.82. The van der Waals surface area contributed by atoms with Crippen LogP contribution in [0, 0.1) is 12.7 Å². The Balaban J connectivity index is 2.35. The zero-order chi connectivity index (χ0) is 13.0. The van der Waals surface area contributed by atoms with E-state index in [-0.39, 0.29) is 5.82 Å². The molecule has 0 saturated carbocycles. The first-order valence-corrected chi connectivity index (χ1v) is 6.22. The first-order chi connectivity index (χ1) is 8.74. The number of halogens is 1. The average Bonchev–Trinajstić information content (AvgIpc) is 2.78. The van der Waals surface area contributed by atoms with Crippen LogP contribution in [0.25, 0.3) is 5.69 Å². The minimum absolute atomic E-state index is 0.177. The van der Waals surface area contributed by atoms with Gasteiger partial charge in [0.25, 0.3) is 0 Å². The first-order valence-electron chi connectivity index (χ1n) is 6.22. The van der Waals surface area contributed by atoms with E-state index in [1.807, 2.05) is 23.8 Å². The molecule has 96 valence electrons. The van der Waals surface area contributed by atoms with E-state index in [0.29, 0.717) is 12.1 Å². The molecule has 2 aromatic rings. The number of hydrogen-bond acceptors (Lipinski definition) is 2. The third kappa shape index (κ3) is 2.59. The minimum atomic E-state index is -0.177. The molecule has 0 aliphatic carbocycles. The Morgan fingerprint density at radius 3 is 2.89 bits per heavy atom. The van der Waals surface area contributed by atoms with E-state index in [1.165, 1.54) is 6.07 Å². The third-order valence-corrected chi connectivity index (χ3v) is 2.91. The second-order valence-corrected chi connectivity index (χ2v) is 4.26. The fourth-order valence-corrected chi connectivity index (χ4v) is 1.97. The molecule has 0 fully saturated rings. The van der Waals surface area contributed by atoms with Crippen molar-refractivity contribution in [2.45, 2.75) is 26.8 Å². The number of rotatable bonds is 5. The Bertz CT molecular complexity index is 520. The van der Waals surface area contributed by atoms with Gasteiger partial charge in [-0.2, -0.15) is 0 Å². The normalized spacial score (nSPS) is 10.8. The molecule has 0 radical (unpaired) electrons. The molecule has 3 nitrogen and oxygen atoms in total. The van der Waals surface area contributed by atoms with Crippen molar-refractivity contribution in [1.82, 2.24) is 14.9 Å². The van der Waals surface area contributed by atoms with E-state index in [2.05, 4.69) is 17.2 Å². The number of aromatic nitrogens is 2. The van der Waals surface area contributed by atoms with Crippen LogP contribution >= 0.6 is 0 Å². The van der Waals surface area contributed by atoms with Gasteiger partial charge < -0.3 is 9.88 Å². The molecule has 1 aromatic heterocycles. The Labute approximate surface area is 107 Å². The molecule has 1 aromatic carbocycles. The molecule has 1 N–H and O–H groups in total. The number of aryl methyl sites for hydroxylation is 1. The molecule has 0 spiro atoms. The van der Waals surface area contributed by atoms with E-state index in [1.54, 1.807) is 12.3 Å². The van der Waals surface area contributed by atoms with Gasteiger partial charge in [-0.25, -0.2) is 9.37 Å². The number of hydrogen-bond donors (Lipinski definition) is 1. The Morgan fingerprint density at radius 1 is 1.39 bits per heavy atom. The highest BCUT2D eigenvalue weighted by atomic mass is 19.1. The van der Waals surface area contributed by atoms with Crippen LogP contribution in [0.4, 0.5) is 4.39 Å². The van der Waals surface area contributed by atoms with Crippen LogP contribution in [-0.4, -0.2) is 16.1 Å². The van der Waals surface area contributed by atoms with Gasteiger partial charge in [0.15, 0.2) is 0 Å².